The van der Waals surface area contributed by atoms with Crippen molar-refractivity contribution in [1.82, 2.24) is 4.90 Å². The molecule has 0 saturated carbocycles. The van der Waals surface area contributed by atoms with E-state index in [0.29, 0.717) is 24.6 Å². The summed E-state index contributed by atoms with van der Waals surface area (Å²) < 4.78 is 7.00. The minimum Gasteiger partial charge on any atom is -0.488 e. The quantitative estimate of drug-likeness (QED) is 0.385. The Morgan fingerprint density at radius 3 is 2.71 bits per heavy atom. The lowest BCUT2D eigenvalue weighted by Crippen LogP contribution is -2.28. The molecule has 6 heteroatoms. The molecule has 1 saturated heterocycles. The highest BCUT2D eigenvalue weighted by molar-refractivity contribution is 14.1. The number of thioether (sulfide) groups is 1. The van der Waals surface area contributed by atoms with Crippen LogP contribution >= 0.6 is 34.4 Å². The van der Waals surface area contributed by atoms with Crippen LogP contribution in [0.25, 0.3) is 6.08 Å². The Hall–Kier alpha value is -1.80. The van der Waals surface area contributed by atoms with E-state index in [9.17, 15) is 4.79 Å². The number of ether oxygens (including phenoxy) is 1. The highest BCUT2D eigenvalue weighted by Crippen LogP contribution is 2.33. The molecule has 0 bridgehead atoms. The third kappa shape index (κ3) is 4.97. The molecule has 0 unspecified atom stereocenters. The molecule has 1 aliphatic rings. The standard InChI is InChI=1S/C22H23IN2O2S/c1-4-24-22-25(5-2)21(26)20(28-22)13-16-9-10-19(18(23)12-16)27-14-17-8-6-7-15(3)11-17/h6-13H,4-5,14H2,1-3H3/b20-13+,24-22?. The molecule has 0 aromatic heterocycles. The predicted molar refractivity (Wildman–Crippen MR) is 126 cm³/mol. The molecule has 1 fully saturated rings. The van der Waals surface area contributed by atoms with E-state index in [4.69, 9.17) is 4.74 Å². The van der Waals surface area contributed by atoms with Crippen molar-refractivity contribution in [1.29, 1.82) is 0 Å². The Labute approximate surface area is 184 Å². The zero-order chi connectivity index (χ0) is 20.1. The van der Waals surface area contributed by atoms with E-state index in [1.807, 2.05) is 44.2 Å². The smallest absolute Gasteiger partial charge is 0.266 e. The molecule has 0 spiro atoms. The number of carbonyl (C=O) groups is 1. The van der Waals surface area contributed by atoms with Crippen molar-refractivity contribution in [2.24, 2.45) is 4.99 Å². The van der Waals surface area contributed by atoms with Crippen molar-refractivity contribution in [3.05, 3.63) is 67.6 Å². The first-order chi connectivity index (χ1) is 13.5. The van der Waals surface area contributed by atoms with Gasteiger partial charge in [-0.1, -0.05) is 35.9 Å². The maximum Gasteiger partial charge on any atom is 0.266 e. The minimum atomic E-state index is 0.0227. The van der Waals surface area contributed by atoms with Crippen LogP contribution in [0.4, 0.5) is 0 Å². The molecule has 1 aliphatic heterocycles. The summed E-state index contributed by atoms with van der Waals surface area (Å²) in [6.45, 7) is 7.86. The number of likely N-dealkylation sites (N-methyl/N-ethyl adjacent to an activating group) is 1. The Morgan fingerprint density at radius 1 is 1.21 bits per heavy atom. The summed E-state index contributed by atoms with van der Waals surface area (Å²) in [5, 5.41) is 0.786. The van der Waals surface area contributed by atoms with Gasteiger partial charge < -0.3 is 4.74 Å². The Kier molecular flexibility index (Phi) is 7.18. The van der Waals surface area contributed by atoms with E-state index in [-0.39, 0.29) is 5.91 Å². The summed E-state index contributed by atoms with van der Waals surface area (Å²) in [6.07, 6.45) is 1.93. The third-order valence-corrected chi connectivity index (χ3v) is 6.12. The van der Waals surface area contributed by atoms with Crippen LogP contribution in [-0.2, 0) is 11.4 Å². The van der Waals surface area contributed by atoms with E-state index < -0.39 is 0 Å². The van der Waals surface area contributed by atoms with Crippen LogP contribution in [0.15, 0.2) is 52.4 Å². The average Bonchev–Trinajstić information content (AvgIpc) is 2.96. The SMILES string of the molecule is CCN=C1S/C(=C/c2ccc(OCc3cccc(C)c3)c(I)c2)C(=O)N1CC. The summed E-state index contributed by atoms with van der Waals surface area (Å²) >= 11 is 3.72. The number of hydrogen-bond donors (Lipinski definition) is 0. The van der Waals surface area contributed by atoms with Gasteiger partial charge in [0.2, 0.25) is 0 Å². The first-order valence-corrected chi connectivity index (χ1v) is 11.1. The number of halogens is 1. The maximum absolute atomic E-state index is 12.6. The molecule has 0 atom stereocenters. The highest BCUT2D eigenvalue weighted by Gasteiger charge is 2.31. The Bertz CT molecular complexity index is 940. The fourth-order valence-corrected chi connectivity index (χ4v) is 4.68. The van der Waals surface area contributed by atoms with Gasteiger partial charge in [0, 0.05) is 13.1 Å². The summed E-state index contributed by atoms with van der Waals surface area (Å²) in [4.78, 5) is 19.5. The van der Waals surface area contributed by atoms with Gasteiger partial charge in [-0.3, -0.25) is 14.7 Å². The molecule has 3 rings (SSSR count). The van der Waals surface area contributed by atoms with Crippen molar-refractivity contribution < 1.29 is 9.53 Å². The van der Waals surface area contributed by atoms with Crippen molar-refractivity contribution in [2.75, 3.05) is 13.1 Å². The first-order valence-electron chi connectivity index (χ1n) is 9.25. The van der Waals surface area contributed by atoms with Gasteiger partial charge in [0.05, 0.1) is 8.48 Å². The summed E-state index contributed by atoms with van der Waals surface area (Å²) in [5.74, 6) is 0.868. The van der Waals surface area contributed by atoms with Crippen molar-refractivity contribution in [3.8, 4) is 5.75 Å². The molecule has 1 amide bonds. The van der Waals surface area contributed by atoms with Crippen molar-refractivity contribution in [2.45, 2.75) is 27.4 Å². The highest BCUT2D eigenvalue weighted by atomic mass is 127. The van der Waals surface area contributed by atoms with Gasteiger partial charge in [-0.2, -0.15) is 0 Å². The van der Waals surface area contributed by atoms with Crippen molar-refractivity contribution in [3.63, 3.8) is 0 Å². The maximum atomic E-state index is 12.6. The van der Waals surface area contributed by atoms with Gasteiger partial charge >= 0.3 is 0 Å². The van der Waals surface area contributed by atoms with Gasteiger partial charge in [-0.25, -0.2) is 0 Å². The number of hydrogen-bond acceptors (Lipinski definition) is 4. The summed E-state index contributed by atoms with van der Waals surface area (Å²) in [5.41, 5.74) is 3.36. The number of amidine groups is 1. The molecular formula is C22H23IN2O2S. The normalized spacial score (nSPS) is 17.0. The van der Waals surface area contributed by atoms with Crippen LogP contribution in [0.3, 0.4) is 0 Å². The van der Waals surface area contributed by atoms with Crippen LogP contribution in [0.5, 0.6) is 5.75 Å². The van der Waals surface area contributed by atoms with E-state index in [1.54, 1.807) is 4.90 Å². The number of benzene rings is 2. The molecule has 1 heterocycles. The zero-order valence-corrected chi connectivity index (χ0v) is 19.2. The monoisotopic (exact) mass is 506 g/mol. The number of carbonyl (C=O) groups excluding carboxylic acids is 1. The summed E-state index contributed by atoms with van der Waals surface area (Å²) in [6, 6.07) is 14.3. The van der Waals surface area contributed by atoms with E-state index in [0.717, 1.165) is 25.6 Å². The second kappa shape index (κ2) is 9.60. The van der Waals surface area contributed by atoms with Gasteiger partial charge in [0.15, 0.2) is 5.17 Å². The number of amides is 1. The molecule has 0 N–H and O–H groups in total. The second-order valence-electron chi connectivity index (χ2n) is 6.38. The number of nitrogens with zero attached hydrogens (tertiary/aromatic N) is 2. The Balaban J connectivity index is 1.74. The molecule has 2 aromatic rings. The number of rotatable bonds is 6. The first kappa shape index (κ1) is 20.9. The topological polar surface area (TPSA) is 41.9 Å². The van der Waals surface area contributed by atoms with Crippen LogP contribution < -0.4 is 4.74 Å². The summed E-state index contributed by atoms with van der Waals surface area (Å²) in [7, 11) is 0. The molecule has 2 aromatic carbocycles. The molecule has 146 valence electrons. The largest absolute Gasteiger partial charge is 0.488 e. The van der Waals surface area contributed by atoms with Crippen LogP contribution in [0.1, 0.15) is 30.5 Å². The minimum absolute atomic E-state index is 0.0227. The molecule has 0 aliphatic carbocycles. The predicted octanol–water partition coefficient (Wildman–Crippen LogP) is 5.49. The fraction of sp³-hybridized carbons (Fsp3) is 0.273. The zero-order valence-electron chi connectivity index (χ0n) is 16.2. The molecule has 28 heavy (non-hydrogen) atoms. The van der Waals surface area contributed by atoms with Gasteiger partial charge in [-0.05, 0) is 84.5 Å². The van der Waals surface area contributed by atoms with E-state index in [1.165, 1.54) is 17.3 Å². The van der Waals surface area contributed by atoms with Crippen molar-refractivity contribution >= 4 is 51.5 Å². The van der Waals surface area contributed by atoms with Crippen LogP contribution in [-0.4, -0.2) is 29.1 Å². The van der Waals surface area contributed by atoms with Crippen LogP contribution in [0.2, 0.25) is 0 Å². The van der Waals surface area contributed by atoms with E-state index >= 15 is 0 Å². The van der Waals surface area contributed by atoms with Gasteiger partial charge in [-0.15, -0.1) is 0 Å². The number of aryl methyl sites for hydroxylation is 1. The molecule has 0 radical (unpaired) electrons. The fourth-order valence-electron chi connectivity index (χ4n) is 2.88. The van der Waals surface area contributed by atoms with Gasteiger partial charge in [0.1, 0.15) is 12.4 Å². The average molecular weight is 506 g/mol. The Morgan fingerprint density at radius 2 is 2.04 bits per heavy atom. The van der Waals surface area contributed by atoms with E-state index in [2.05, 4.69) is 52.7 Å². The third-order valence-electron chi connectivity index (χ3n) is 4.23. The van der Waals surface area contributed by atoms with Crippen LogP contribution in [0, 0.1) is 10.5 Å². The lowest BCUT2D eigenvalue weighted by molar-refractivity contribution is -0.122. The molecular weight excluding hydrogens is 483 g/mol. The lowest BCUT2D eigenvalue weighted by atomic mass is 10.1. The van der Waals surface area contributed by atoms with Gasteiger partial charge in [0.25, 0.3) is 5.91 Å². The second-order valence-corrected chi connectivity index (χ2v) is 8.56. The number of aliphatic imine (C=N–C) groups is 1. The lowest BCUT2D eigenvalue weighted by Gasteiger charge is -2.11. The molecule has 4 nitrogen and oxygen atoms in total.